The Kier molecular flexibility index (Phi) is 2.00. The topological polar surface area (TPSA) is 26.0 Å². The molecule has 1 nitrogen and oxygen atoms in total. The minimum Gasteiger partial charge on any atom is -0.390 e. The van der Waals surface area contributed by atoms with E-state index in [2.05, 4.69) is 32.0 Å². The summed E-state index contributed by atoms with van der Waals surface area (Å²) in [4.78, 5) is 0. The SMILES string of the molecule is CCc1c(N)sc2ccc(C)cc12. The van der Waals surface area contributed by atoms with Gasteiger partial charge in [0.1, 0.15) is 0 Å². The molecule has 0 fully saturated rings. The monoisotopic (exact) mass is 191 g/mol. The summed E-state index contributed by atoms with van der Waals surface area (Å²) in [5, 5.41) is 2.31. The number of aryl methyl sites for hydroxylation is 2. The Labute approximate surface area is 82.2 Å². The van der Waals surface area contributed by atoms with Crippen molar-refractivity contribution < 1.29 is 0 Å². The van der Waals surface area contributed by atoms with Crippen molar-refractivity contribution in [2.45, 2.75) is 20.3 Å². The zero-order valence-corrected chi connectivity index (χ0v) is 8.74. The molecule has 0 unspecified atom stereocenters. The van der Waals surface area contributed by atoms with Crippen molar-refractivity contribution in [2.75, 3.05) is 5.73 Å². The fourth-order valence-corrected chi connectivity index (χ4v) is 2.69. The molecule has 1 heterocycles. The quantitative estimate of drug-likeness (QED) is 0.735. The van der Waals surface area contributed by atoms with Gasteiger partial charge in [0, 0.05) is 4.70 Å². The van der Waals surface area contributed by atoms with E-state index in [0.29, 0.717) is 0 Å². The fraction of sp³-hybridized carbons (Fsp3) is 0.273. The van der Waals surface area contributed by atoms with Gasteiger partial charge in [0.15, 0.2) is 0 Å². The Bertz CT molecular complexity index is 443. The predicted molar refractivity (Wildman–Crippen MR) is 60.4 cm³/mol. The molecule has 0 radical (unpaired) electrons. The van der Waals surface area contributed by atoms with Crippen LogP contribution in [0.3, 0.4) is 0 Å². The van der Waals surface area contributed by atoms with Crippen molar-refractivity contribution in [3.63, 3.8) is 0 Å². The molecule has 0 bridgehead atoms. The third-order valence-electron chi connectivity index (χ3n) is 2.33. The Hall–Kier alpha value is -1.02. The molecule has 0 atom stereocenters. The number of benzene rings is 1. The van der Waals surface area contributed by atoms with Crippen molar-refractivity contribution in [3.8, 4) is 0 Å². The molecule has 68 valence electrons. The number of fused-ring (bicyclic) bond motifs is 1. The smallest absolute Gasteiger partial charge is 0.0901 e. The van der Waals surface area contributed by atoms with E-state index < -0.39 is 0 Å². The summed E-state index contributed by atoms with van der Waals surface area (Å²) in [5.74, 6) is 0. The van der Waals surface area contributed by atoms with Crippen LogP contribution in [0.2, 0.25) is 0 Å². The molecular weight excluding hydrogens is 178 g/mol. The second-order valence-electron chi connectivity index (χ2n) is 3.30. The highest BCUT2D eigenvalue weighted by Crippen LogP contribution is 2.34. The highest BCUT2D eigenvalue weighted by atomic mass is 32.1. The normalized spacial score (nSPS) is 10.9. The second kappa shape index (κ2) is 3.04. The molecule has 2 heteroatoms. The number of hydrogen-bond acceptors (Lipinski definition) is 2. The van der Waals surface area contributed by atoms with Crippen molar-refractivity contribution in [1.82, 2.24) is 0 Å². The number of nitrogens with two attached hydrogens (primary N) is 1. The van der Waals surface area contributed by atoms with E-state index in [0.717, 1.165) is 11.4 Å². The Morgan fingerprint density at radius 1 is 1.38 bits per heavy atom. The van der Waals surface area contributed by atoms with E-state index in [1.54, 1.807) is 11.3 Å². The average molecular weight is 191 g/mol. The molecule has 0 saturated heterocycles. The van der Waals surface area contributed by atoms with Gasteiger partial charge in [-0.2, -0.15) is 0 Å². The van der Waals surface area contributed by atoms with Crippen molar-refractivity contribution in [1.29, 1.82) is 0 Å². The standard InChI is InChI=1S/C11H13NS/c1-3-8-9-6-7(2)4-5-10(9)13-11(8)12/h4-6H,3,12H2,1-2H3. The van der Waals surface area contributed by atoms with Crippen LogP contribution in [0.5, 0.6) is 0 Å². The Morgan fingerprint density at radius 3 is 2.85 bits per heavy atom. The zero-order valence-electron chi connectivity index (χ0n) is 7.92. The average Bonchev–Trinajstić information content (AvgIpc) is 2.40. The van der Waals surface area contributed by atoms with Gasteiger partial charge in [-0.15, -0.1) is 11.3 Å². The van der Waals surface area contributed by atoms with Crippen molar-refractivity contribution in [2.24, 2.45) is 0 Å². The first-order valence-electron chi connectivity index (χ1n) is 4.50. The molecule has 1 aromatic heterocycles. The molecule has 13 heavy (non-hydrogen) atoms. The number of nitrogen functional groups attached to an aromatic ring is 1. The highest BCUT2D eigenvalue weighted by Gasteiger charge is 2.07. The predicted octanol–water partition coefficient (Wildman–Crippen LogP) is 3.35. The summed E-state index contributed by atoms with van der Waals surface area (Å²) in [6, 6.07) is 6.52. The lowest BCUT2D eigenvalue weighted by molar-refractivity contribution is 1.17. The molecule has 2 aromatic rings. The van der Waals surface area contributed by atoms with Crippen LogP contribution in [0.4, 0.5) is 5.00 Å². The number of anilines is 1. The molecule has 0 aliphatic heterocycles. The van der Waals surface area contributed by atoms with Crippen LogP contribution in [-0.4, -0.2) is 0 Å². The van der Waals surface area contributed by atoms with Gasteiger partial charge in [0.05, 0.1) is 5.00 Å². The minimum atomic E-state index is 0.975. The molecule has 0 amide bonds. The van der Waals surface area contributed by atoms with Gasteiger partial charge in [-0.1, -0.05) is 24.6 Å². The second-order valence-corrected chi connectivity index (χ2v) is 4.38. The lowest BCUT2D eigenvalue weighted by atomic mass is 10.1. The van der Waals surface area contributed by atoms with Gasteiger partial charge in [0.25, 0.3) is 0 Å². The maximum absolute atomic E-state index is 5.93. The Balaban J connectivity index is 2.80. The van der Waals surface area contributed by atoms with Gasteiger partial charge in [-0.25, -0.2) is 0 Å². The maximum Gasteiger partial charge on any atom is 0.0901 e. The minimum absolute atomic E-state index is 0.975. The van der Waals surface area contributed by atoms with Crippen molar-refractivity contribution >= 4 is 26.4 Å². The zero-order chi connectivity index (χ0) is 9.42. The van der Waals surface area contributed by atoms with Crippen LogP contribution in [0.1, 0.15) is 18.1 Å². The first kappa shape index (κ1) is 8.57. The highest BCUT2D eigenvalue weighted by molar-refractivity contribution is 7.22. The van der Waals surface area contributed by atoms with Crippen LogP contribution in [0, 0.1) is 6.92 Å². The number of hydrogen-bond donors (Lipinski definition) is 1. The molecule has 0 aliphatic carbocycles. The lowest BCUT2D eigenvalue weighted by Gasteiger charge is -1.96. The summed E-state index contributed by atoms with van der Waals surface area (Å²) in [6.45, 7) is 4.27. The first-order valence-corrected chi connectivity index (χ1v) is 5.31. The third-order valence-corrected chi connectivity index (χ3v) is 3.37. The van der Waals surface area contributed by atoms with E-state index in [-0.39, 0.29) is 0 Å². The molecule has 2 rings (SSSR count). The van der Waals surface area contributed by atoms with Crippen molar-refractivity contribution in [3.05, 3.63) is 29.3 Å². The summed E-state index contributed by atoms with van der Waals surface area (Å²) < 4.78 is 1.31. The fourth-order valence-electron chi connectivity index (χ4n) is 1.65. The maximum atomic E-state index is 5.93. The molecule has 0 spiro atoms. The van der Waals surface area contributed by atoms with E-state index in [1.165, 1.54) is 21.2 Å². The summed E-state index contributed by atoms with van der Waals surface area (Å²) >= 11 is 1.69. The van der Waals surface area contributed by atoms with Crippen LogP contribution in [0.15, 0.2) is 18.2 Å². The van der Waals surface area contributed by atoms with E-state index >= 15 is 0 Å². The third kappa shape index (κ3) is 1.31. The summed E-state index contributed by atoms with van der Waals surface area (Å²) in [5.41, 5.74) is 8.55. The van der Waals surface area contributed by atoms with Crippen LogP contribution >= 0.6 is 11.3 Å². The van der Waals surface area contributed by atoms with Gasteiger partial charge < -0.3 is 5.73 Å². The summed E-state index contributed by atoms with van der Waals surface area (Å²) in [7, 11) is 0. The lowest BCUT2D eigenvalue weighted by Crippen LogP contribution is -1.85. The van der Waals surface area contributed by atoms with Crippen LogP contribution in [-0.2, 0) is 6.42 Å². The Morgan fingerprint density at radius 2 is 2.15 bits per heavy atom. The molecule has 2 N–H and O–H groups in total. The molecule has 0 saturated carbocycles. The van der Waals surface area contributed by atoms with Crippen LogP contribution < -0.4 is 5.73 Å². The number of rotatable bonds is 1. The van der Waals surface area contributed by atoms with Crippen LogP contribution in [0.25, 0.3) is 10.1 Å². The summed E-state index contributed by atoms with van der Waals surface area (Å²) in [6.07, 6.45) is 1.02. The first-order chi connectivity index (χ1) is 6.22. The van der Waals surface area contributed by atoms with Gasteiger partial charge >= 0.3 is 0 Å². The van der Waals surface area contributed by atoms with Gasteiger partial charge in [-0.05, 0) is 30.4 Å². The molecule has 1 aromatic carbocycles. The van der Waals surface area contributed by atoms with Gasteiger partial charge in [0.2, 0.25) is 0 Å². The van der Waals surface area contributed by atoms with E-state index in [4.69, 9.17) is 5.73 Å². The van der Waals surface area contributed by atoms with Gasteiger partial charge in [-0.3, -0.25) is 0 Å². The largest absolute Gasteiger partial charge is 0.390 e. The molecule has 0 aliphatic rings. The van der Waals surface area contributed by atoms with E-state index in [9.17, 15) is 0 Å². The molecular formula is C11H13NS. The van der Waals surface area contributed by atoms with E-state index in [1.807, 2.05) is 0 Å². The number of thiophene rings is 1.